The van der Waals surface area contributed by atoms with Crippen LogP contribution in [0.5, 0.6) is 0 Å². The van der Waals surface area contributed by atoms with Gasteiger partial charge >= 0.3 is 0 Å². The minimum atomic E-state index is -0.655. The maximum atomic E-state index is 13.2. The Kier molecular flexibility index (Phi) is 5.28. The molecule has 22 heavy (non-hydrogen) atoms. The molecular formula is C18H20FNO2. The summed E-state index contributed by atoms with van der Waals surface area (Å²) in [5.74, 6) is -0.552. The lowest BCUT2D eigenvalue weighted by molar-refractivity contribution is -0.116. The first-order valence-electron chi connectivity index (χ1n) is 7.29. The summed E-state index contributed by atoms with van der Waals surface area (Å²) in [5, 5.41) is 12.5. The Morgan fingerprint density at radius 1 is 1.18 bits per heavy atom. The lowest BCUT2D eigenvalue weighted by Crippen LogP contribution is -2.16. The first-order chi connectivity index (χ1) is 10.5. The molecule has 2 atom stereocenters. The normalized spacial score (nSPS) is 13.5. The number of amides is 1. The highest BCUT2D eigenvalue weighted by atomic mass is 19.1. The fourth-order valence-electron chi connectivity index (χ4n) is 2.39. The van der Waals surface area contributed by atoms with Crippen molar-refractivity contribution >= 4 is 11.6 Å². The zero-order chi connectivity index (χ0) is 16.1. The van der Waals surface area contributed by atoms with Gasteiger partial charge in [0.1, 0.15) is 5.82 Å². The maximum Gasteiger partial charge on any atom is 0.224 e. The third kappa shape index (κ3) is 4.15. The van der Waals surface area contributed by atoms with Crippen LogP contribution in [0.2, 0.25) is 0 Å². The van der Waals surface area contributed by atoms with Crippen LogP contribution in [-0.2, 0) is 4.79 Å². The number of aliphatic hydroxyl groups excluding tert-OH is 1. The molecule has 0 aliphatic rings. The van der Waals surface area contributed by atoms with Gasteiger partial charge in [-0.25, -0.2) is 4.39 Å². The Hall–Kier alpha value is -2.20. The van der Waals surface area contributed by atoms with Crippen LogP contribution in [0.1, 0.15) is 43.4 Å². The highest BCUT2D eigenvalue weighted by Crippen LogP contribution is 2.24. The Morgan fingerprint density at radius 2 is 1.91 bits per heavy atom. The summed E-state index contributed by atoms with van der Waals surface area (Å²) in [4.78, 5) is 12.2. The minimum absolute atomic E-state index is 0.0885. The summed E-state index contributed by atoms with van der Waals surface area (Å²) in [6.07, 6.45) is -0.408. The molecule has 0 saturated heterocycles. The van der Waals surface area contributed by atoms with E-state index in [1.807, 2.05) is 19.1 Å². The SMILES string of the molecule is C[C@H](CC(=O)Nc1ccccc1[C@@H](C)O)c1cccc(F)c1. The Morgan fingerprint density at radius 3 is 2.59 bits per heavy atom. The number of anilines is 1. The van der Waals surface area contributed by atoms with Crippen LogP contribution < -0.4 is 5.32 Å². The number of nitrogens with one attached hydrogen (secondary N) is 1. The van der Waals surface area contributed by atoms with Gasteiger partial charge in [-0.15, -0.1) is 0 Å². The molecule has 0 unspecified atom stereocenters. The molecule has 2 aromatic carbocycles. The summed E-state index contributed by atoms with van der Waals surface area (Å²) in [7, 11) is 0. The fraction of sp³-hybridized carbons (Fsp3) is 0.278. The third-order valence-corrected chi connectivity index (χ3v) is 3.59. The molecule has 2 N–H and O–H groups in total. The van der Waals surface area contributed by atoms with Crippen LogP contribution in [0.3, 0.4) is 0 Å². The Labute approximate surface area is 129 Å². The molecule has 0 heterocycles. The van der Waals surface area contributed by atoms with Crippen molar-refractivity contribution in [2.45, 2.75) is 32.3 Å². The third-order valence-electron chi connectivity index (χ3n) is 3.59. The molecule has 3 nitrogen and oxygen atoms in total. The molecule has 2 aromatic rings. The standard InChI is InChI=1S/C18H20FNO2/c1-12(14-6-5-7-15(19)11-14)10-18(22)20-17-9-4-3-8-16(17)13(2)21/h3-9,11-13,21H,10H2,1-2H3,(H,20,22)/t12-,13-/m1/s1. The number of carbonyl (C=O) groups is 1. The molecule has 2 rings (SSSR count). The van der Waals surface area contributed by atoms with E-state index < -0.39 is 6.10 Å². The van der Waals surface area contributed by atoms with Crippen molar-refractivity contribution in [2.24, 2.45) is 0 Å². The van der Waals surface area contributed by atoms with Crippen LogP contribution in [0.25, 0.3) is 0 Å². The van der Waals surface area contributed by atoms with E-state index in [2.05, 4.69) is 5.32 Å². The molecule has 0 spiro atoms. The van der Waals surface area contributed by atoms with E-state index in [0.717, 1.165) is 5.56 Å². The van der Waals surface area contributed by atoms with Crippen molar-refractivity contribution in [2.75, 3.05) is 5.32 Å². The van der Waals surface area contributed by atoms with Gasteiger partial charge in [-0.05, 0) is 36.6 Å². The van der Waals surface area contributed by atoms with Gasteiger partial charge in [-0.3, -0.25) is 4.79 Å². The summed E-state index contributed by atoms with van der Waals surface area (Å²) in [6.45, 7) is 3.54. The van der Waals surface area contributed by atoms with Gasteiger partial charge in [0, 0.05) is 17.7 Å². The molecular weight excluding hydrogens is 281 g/mol. The van der Waals surface area contributed by atoms with E-state index in [9.17, 15) is 14.3 Å². The Balaban J connectivity index is 2.04. The van der Waals surface area contributed by atoms with E-state index in [1.54, 1.807) is 31.2 Å². The molecule has 0 saturated carbocycles. The lowest BCUT2D eigenvalue weighted by atomic mass is 9.97. The first kappa shape index (κ1) is 16.2. The number of benzene rings is 2. The molecule has 4 heteroatoms. The highest BCUT2D eigenvalue weighted by Gasteiger charge is 2.14. The predicted octanol–water partition coefficient (Wildman–Crippen LogP) is 4.01. The average Bonchev–Trinajstić information content (AvgIpc) is 2.47. The molecule has 116 valence electrons. The molecule has 0 fully saturated rings. The number of rotatable bonds is 5. The zero-order valence-corrected chi connectivity index (χ0v) is 12.7. The van der Waals surface area contributed by atoms with Gasteiger partial charge in [-0.2, -0.15) is 0 Å². The van der Waals surface area contributed by atoms with Crippen LogP contribution in [0.15, 0.2) is 48.5 Å². The second-order valence-electron chi connectivity index (χ2n) is 5.47. The van der Waals surface area contributed by atoms with Gasteiger partial charge in [0.2, 0.25) is 5.91 Å². The molecule has 1 amide bonds. The summed E-state index contributed by atoms with van der Waals surface area (Å²) in [6, 6.07) is 13.4. The first-order valence-corrected chi connectivity index (χ1v) is 7.29. The average molecular weight is 301 g/mol. The van der Waals surface area contributed by atoms with Gasteiger partial charge < -0.3 is 10.4 Å². The number of para-hydroxylation sites is 1. The number of halogens is 1. The van der Waals surface area contributed by atoms with Crippen LogP contribution >= 0.6 is 0 Å². The molecule has 0 aliphatic carbocycles. The van der Waals surface area contributed by atoms with Crippen LogP contribution in [0, 0.1) is 5.82 Å². The van der Waals surface area contributed by atoms with E-state index in [0.29, 0.717) is 11.3 Å². The summed E-state index contributed by atoms with van der Waals surface area (Å²) < 4.78 is 13.2. The predicted molar refractivity (Wildman–Crippen MR) is 85.1 cm³/mol. The maximum absolute atomic E-state index is 13.2. The number of hydrogen-bond donors (Lipinski definition) is 2. The molecule has 0 bridgehead atoms. The second kappa shape index (κ2) is 7.18. The van der Waals surface area contributed by atoms with Crippen molar-refractivity contribution in [3.05, 3.63) is 65.5 Å². The quantitative estimate of drug-likeness (QED) is 0.876. The monoisotopic (exact) mass is 301 g/mol. The van der Waals surface area contributed by atoms with Crippen LogP contribution in [0.4, 0.5) is 10.1 Å². The Bertz CT molecular complexity index is 655. The fourth-order valence-corrected chi connectivity index (χ4v) is 2.39. The van der Waals surface area contributed by atoms with Crippen LogP contribution in [-0.4, -0.2) is 11.0 Å². The van der Waals surface area contributed by atoms with Crippen molar-refractivity contribution in [1.29, 1.82) is 0 Å². The van der Waals surface area contributed by atoms with Gasteiger partial charge in [0.25, 0.3) is 0 Å². The minimum Gasteiger partial charge on any atom is -0.389 e. The highest BCUT2D eigenvalue weighted by molar-refractivity contribution is 5.92. The second-order valence-corrected chi connectivity index (χ2v) is 5.47. The van der Waals surface area contributed by atoms with Crippen molar-refractivity contribution < 1.29 is 14.3 Å². The smallest absolute Gasteiger partial charge is 0.224 e. The number of hydrogen-bond acceptors (Lipinski definition) is 2. The van der Waals surface area contributed by atoms with Gasteiger partial charge in [-0.1, -0.05) is 37.3 Å². The lowest BCUT2D eigenvalue weighted by Gasteiger charge is -2.15. The van der Waals surface area contributed by atoms with Gasteiger partial charge in [0.15, 0.2) is 0 Å². The largest absolute Gasteiger partial charge is 0.389 e. The topological polar surface area (TPSA) is 49.3 Å². The van der Waals surface area contributed by atoms with E-state index in [-0.39, 0.29) is 24.1 Å². The van der Waals surface area contributed by atoms with Crippen molar-refractivity contribution in [3.63, 3.8) is 0 Å². The van der Waals surface area contributed by atoms with E-state index >= 15 is 0 Å². The molecule has 0 aromatic heterocycles. The number of carbonyl (C=O) groups excluding carboxylic acids is 1. The number of aliphatic hydroxyl groups is 1. The summed E-state index contributed by atoms with van der Waals surface area (Å²) >= 11 is 0. The van der Waals surface area contributed by atoms with Crippen molar-refractivity contribution in [3.8, 4) is 0 Å². The van der Waals surface area contributed by atoms with Crippen molar-refractivity contribution in [1.82, 2.24) is 0 Å². The molecule has 0 aliphatic heterocycles. The van der Waals surface area contributed by atoms with E-state index in [1.165, 1.54) is 12.1 Å². The zero-order valence-electron chi connectivity index (χ0n) is 12.7. The molecule has 0 radical (unpaired) electrons. The van der Waals surface area contributed by atoms with E-state index in [4.69, 9.17) is 0 Å². The summed E-state index contributed by atoms with van der Waals surface area (Å²) in [5.41, 5.74) is 2.07. The van der Waals surface area contributed by atoms with Gasteiger partial charge in [0.05, 0.1) is 6.10 Å².